The fourth-order valence-corrected chi connectivity index (χ4v) is 2.04. The Morgan fingerprint density at radius 2 is 1.95 bits per heavy atom. The van der Waals surface area contributed by atoms with E-state index in [4.69, 9.17) is 9.47 Å². The zero-order valence-corrected chi connectivity index (χ0v) is 11.1. The molecule has 0 saturated carbocycles. The fraction of sp³-hybridized carbons (Fsp3) is 0.500. The molecule has 0 radical (unpaired) electrons. The molecule has 0 bridgehead atoms. The summed E-state index contributed by atoms with van der Waals surface area (Å²) in [4.78, 5) is 11.7. The van der Waals surface area contributed by atoms with Gasteiger partial charge >= 0.3 is 12.1 Å². The lowest BCUT2D eigenvalue weighted by atomic mass is 10.0. The van der Waals surface area contributed by atoms with Crippen LogP contribution in [0, 0.1) is 11.7 Å². The lowest BCUT2D eigenvalue weighted by Gasteiger charge is -2.21. The smallest absolute Gasteiger partial charge is 0.416 e. The molecule has 1 aliphatic rings. The van der Waals surface area contributed by atoms with Gasteiger partial charge in [0, 0.05) is 13.2 Å². The fourth-order valence-electron chi connectivity index (χ4n) is 2.04. The van der Waals surface area contributed by atoms with Crippen LogP contribution in [-0.4, -0.2) is 25.8 Å². The normalized spacial score (nSPS) is 16.8. The van der Waals surface area contributed by atoms with E-state index in [1.165, 1.54) is 0 Å². The predicted molar refractivity (Wildman–Crippen MR) is 65.2 cm³/mol. The Morgan fingerprint density at radius 3 is 2.57 bits per heavy atom. The highest BCUT2D eigenvalue weighted by atomic mass is 19.4. The maximum Gasteiger partial charge on any atom is 0.416 e. The second kappa shape index (κ2) is 6.43. The topological polar surface area (TPSA) is 35.5 Å². The van der Waals surface area contributed by atoms with Crippen LogP contribution in [0.4, 0.5) is 17.6 Å². The van der Waals surface area contributed by atoms with Crippen molar-refractivity contribution in [1.82, 2.24) is 0 Å². The number of hydrogen-bond donors (Lipinski definition) is 0. The van der Waals surface area contributed by atoms with E-state index in [2.05, 4.69) is 0 Å². The van der Waals surface area contributed by atoms with Gasteiger partial charge in [0.15, 0.2) is 0 Å². The van der Waals surface area contributed by atoms with Crippen molar-refractivity contribution in [1.29, 1.82) is 0 Å². The summed E-state index contributed by atoms with van der Waals surface area (Å²) in [5.74, 6) is -2.01. The highest BCUT2D eigenvalue weighted by Crippen LogP contribution is 2.30. The Hall–Kier alpha value is -1.63. The molecule has 21 heavy (non-hydrogen) atoms. The van der Waals surface area contributed by atoms with E-state index in [1.807, 2.05) is 0 Å². The average molecular weight is 306 g/mol. The van der Waals surface area contributed by atoms with Gasteiger partial charge in [-0.05, 0) is 37.0 Å². The van der Waals surface area contributed by atoms with Crippen molar-refractivity contribution < 1.29 is 31.8 Å². The first kappa shape index (κ1) is 15.8. The molecule has 0 spiro atoms. The number of rotatable bonds is 3. The Kier molecular flexibility index (Phi) is 4.82. The first-order valence-corrected chi connectivity index (χ1v) is 6.49. The summed E-state index contributed by atoms with van der Waals surface area (Å²) in [7, 11) is 0. The van der Waals surface area contributed by atoms with Crippen LogP contribution in [0.3, 0.4) is 0 Å². The van der Waals surface area contributed by atoms with Crippen LogP contribution in [0.1, 0.15) is 28.8 Å². The Labute approximate surface area is 118 Å². The molecule has 0 aromatic heterocycles. The minimum atomic E-state index is -4.64. The summed E-state index contributed by atoms with van der Waals surface area (Å²) >= 11 is 0. The van der Waals surface area contributed by atoms with Crippen LogP contribution >= 0.6 is 0 Å². The van der Waals surface area contributed by atoms with Crippen LogP contribution < -0.4 is 0 Å². The lowest BCUT2D eigenvalue weighted by molar-refractivity contribution is -0.137. The third-order valence-corrected chi connectivity index (χ3v) is 3.30. The van der Waals surface area contributed by atoms with Gasteiger partial charge < -0.3 is 9.47 Å². The molecule has 0 N–H and O–H groups in total. The van der Waals surface area contributed by atoms with E-state index in [0.717, 1.165) is 0 Å². The molecule has 1 aromatic rings. The third kappa shape index (κ3) is 4.17. The number of esters is 1. The van der Waals surface area contributed by atoms with Crippen molar-refractivity contribution in [3.8, 4) is 0 Å². The van der Waals surface area contributed by atoms with Crippen molar-refractivity contribution in [3.63, 3.8) is 0 Å². The van der Waals surface area contributed by atoms with Gasteiger partial charge in [-0.15, -0.1) is 0 Å². The number of benzene rings is 1. The largest absolute Gasteiger partial charge is 0.462 e. The summed E-state index contributed by atoms with van der Waals surface area (Å²) in [5.41, 5.74) is -1.78. The summed E-state index contributed by atoms with van der Waals surface area (Å²) in [6.07, 6.45) is -3.22. The number of carbonyl (C=O) groups excluding carboxylic acids is 1. The van der Waals surface area contributed by atoms with Gasteiger partial charge in [-0.3, -0.25) is 0 Å². The van der Waals surface area contributed by atoms with Crippen molar-refractivity contribution in [2.75, 3.05) is 19.8 Å². The summed E-state index contributed by atoms with van der Waals surface area (Å²) in [5, 5.41) is 0. The van der Waals surface area contributed by atoms with E-state index >= 15 is 0 Å². The standard InChI is InChI=1S/C14H14F4O3/c15-12-2-1-10(14(16,17)18)7-11(12)13(19)21-8-9-3-5-20-6-4-9/h1-2,7,9H,3-6,8H2. The Morgan fingerprint density at radius 1 is 1.29 bits per heavy atom. The summed E-state index contributed by atoms with van der Waals surface area (Å²) in [6, 6.07) is 1.68. The highest BCUT2D eigenvalue weighted by Gasteiger charge is 2.32. The molecule has 0 unspecified atom stereocenters. The average Bonchev–Trinajstić information content (AvgIpc) is 2.45. The number of hydrogen-bond acceptors (Lipinski definition) is 3. The molecule has 0 aliphatic carbocycles. The van der Waals surface area contributed by atoms with Crippen molar-refractivity contribution >= 4 is 5.97 Å². The molecule has 1 saturated heterocycles. The maximum absolute atomic E-state index is 13.5. The zero-order chi connectivity index (χ0) is 15.5. The van der Waals surface area contributed by atoms with Crippen LogP contribution in [0.25, 0.3) is 0 Å². The van der Waals surface area contributed by atoms with Crippen LogP contribution in [0.5, 0.6) is 0 Å². The SMILES string of the molecule is O=C(OCC1CCOCC1)c1cc(C(F)(F)F)ccc1F. The molecule has 1 fully saturated rings. The van der Waals surface area contributed by atoms with Gasteiger partial charge in [0.2, 0.25) is 0 Å². The molecule has 3 nitrogen and oxygen atoms in total. The molecule has 7 heteroatoms. The third-order valence-electron chi connectivity index (χ3n) is 3.30. The molecule has 1 aromatic carbocycles. The molecule has 116 valence electrons. The van der Waals surface area contributed by atoms with Gasteiger partial charge in [0.05, 0.1) is 17.7 Å². The molecular formula is C14H14F4O3. The summed E-state index contributed by atoms with van der Waals surface area (Å²) < 4.78 is 61.2. The molecule has 1 heterocycles. The Bertz CT molecular complexity index is 507. The first-order chi connectivity index (χ1) is 9.88. The molecule has 1 aliphatic heterocycles. The molecular weight excluding hydrogens is 292 g/mol. The van der Waals surface area contributed by atoms with Gasteiger partial charge in [0.25, 0.3) is 0 Å². The van der Waals surface area contributed by atoms with Crippen LogP contribution in [0.2, 0.25) is 0 Å². The zero-order valence-electron chi connectivity index (χ0n) is 11.1. The monoisotopic (exact) mass is 306 g/mol. The van der Waals surface area contributed by atoms with Crippen molar-refractivity contribution in [3.05, 3.63) is 35.1 Å². The van der Waals surface area contributed by atoms with Crippen LogP contribution in [0.15, 0.2) is 18.2 Å². The van der Waals surface area contributed by atoms with Crippen molar-refractivity contribution in [2.45, 2.75) is 19.0 Å². The number of halogens is 4. The highest BCUT2D eigenvalue weighted by molar-refractivity contribution is 5.90. The van der Waals surface area contributed by atoms with E-state index in [1.54, 1.807) is 0 Å². The quantitative estimate of drug-likeness (QED) is 0.634. The number of alkyl halides is 3. The lowest BCUT2D eigenvalue weighted by Crippen LogP contribution is -2.22. The second-order valence-electron chi connectivity index (χ2n) is 4.85. The van der Waals surface area contributed by atoms with Crippen LogP contribution in [-0.2, 0) is 15.7 Å². The molecule has 0 atom stereocenters. The van der Waals surface area contributed by atoms with E-state index in [9.17, 15) is 22.4 Å². The maximum atomic E-state index is 13.5. The second-order valence-corrected chi connectivity index (χ2v) is 4.85. The van der Waals surface area contributed by atoms with E-state index in [-0.39, 0.29) is 12.5 Å². The first-order valence-electron chi connectivity index (χ1n) is 6.49. The van der Waals surface area contributed by atoms with E-state index in [0.29, 0.717) is 44.3 Å². The predicted octanol–water partition coefficient (Wildman–Crippen LogP) is 3.43. The molecule has 0 amide bonds. The number of ether oxygens (including phenoxy) is 2. The van der Waals surface area contributed by atoms with Gasteiger partial charge in [-0.2, -0.15) is 13.2 Å². The minimum Gasteiger partial charge on any atom is -0.462 e. The minimum absolute atomic E-state index is 0.0535. The van der Waals surface area contributed by atoms with Crippen molar-refractivity contribution in [2.24, 2.45) is 5.92 Å². The summed E-state index contributed by atoms with van der Waals surface area (Å²) in [6.45, 7) is 1.16. The van der Waals surface area contributed by atoms with E-state index < -0.39 is 29.1 Å². The molecule has 2 rings (SSSR count). The van der Waals surface area contributed by atoms with Gasteiger partial charge in [0.1, 0.15) is 5.82 Å². The number of carbonyl (C=O) groups is 1. The Balaban J connectivity index is 2.04. The van der Waals surface area contributed by atoms with Gasteiger partial charge in [-0.1, -0.05) is 0 Å². The van der Waals surface area contributed by atoms with Gasteiger partial charge in [-0.25, -0.2) is 9.18 Å².